The van der Waals surface area contributed by atoms with Crippen molar-refractivity contribution in [3.63, 3.8) is 0 Å². The van der Waals surface area contributed by atoms with Crippen molar-refractivity contribution < 1.29 is 14.7 Å². The van der Waals surface area contributed by atoms with E-state index in [4.69, 9.17) is 5.11 Å². The molecule has 14 heavy (non-hydrogen) atoms. The molecule has 6 nitrogen and oxygen atoms in total. The van der Waals surface area contributed by atoms with Gasteiger partial charge < -0.3 is 20.6 Å². The first-order valence-electron chi connectivity index (χ1n) is 4.56. The summed E-state index contributed by atoms with van der Waals surface area (Å²) in [6.45, 7) is 1.63. The standard InChI is InChI=1S/C8H15N3O3/c1-9-7(12)4-6-5-10-2-3-11(6)8(13)14/h6,10H,2-5H2,1H3,(H,9,12)(H,13,14). The molecule has 1 unspecified atom stereocenters. The molecular formula is C8H15N3O3. The van der Waals surface area contributed by atoms with Gasteiger partial charge in [0.05, 0.1) is 6.04 Å². The Labute approximate surface area is 82.3 Å². The van der Waals surface area contributed by atoms with Crippen molar-refractivity contribution in [2.45, 2.75) is 12.5 Å². The van der Waals surface area contributed by atoms with E-state index in [2.05, 4.69) is 10.6 Å². The van der Waals surface area contributed by atoms with E-state index >= 15 is 0 Å². The first-order valence-corrected chi connectivity index (χ1v) is 4.56. The van der Waals surface area contributed by atoms with Crippen LogP contribution in [0.2, 0.25) is 0 Å². The molecule has 0 aromatic carbocycles. The minimum Gasteiger partial charge on any atom is -0.465 e. The van der Waals surface area contributed by atoms with E-state index in [0.717, 1.165) is 0 Å². The summed E-state index contributed by atoms with van der Waals surface area (Å²) >= 11 is 0. The lowest BCUT2D eigenvalue weighted by Gasteiger charge is -2.33. The van der Waals surface area contributed by atoms with Gasteiger partial charge in [-0.2, -0.15) is 0 Å². The molecule has 0 bridgehead atoms. The Morgan fingerprint density at radius 1 is 1.64 bits per heavy atom. The number of hydrogen-bond donors (Lipinski definition) is 3. The number of rotatable bonds is 2. The highest BCUT2D eigenvalue weighted by Gasteiger charge is 2.27. The lowest BCUT2D eigenvalue weighted by molar-refractivity contribution is -0.121. The fraction of sp³-hybridized carbons (Fsp3) is 0.750. The van der Waals surface area contributed by atoms with E-state index in [1.54, 1.807) is 7.05 Å². The van der Waals surface area contributed by atoms with E-state index < -0.39 is 6.09 Å². The Morgan fingerprint density at radius 2 is 2.36 bits per heavy atom. The first-order chi connectivity index (χ1) is 6.65. The largest absolute Gasteiger partial charge is 0.465 e. The minimum atomic E-state index is -0.958. The number of amides is 2. The summed E-state index contributed by atoms with van der Waals surface area (Å²) < 4.78 is 0. The number of carboxylic acid groups (broad SMARTS) is 1. The zero-order valence-corrected chi connectivity index (χ0v) is 8.12. The molecule has 1 fully saturated rings. The maximum atomic E-state index is 11.1. The quantitative estimate of drug-likeness (QED) is 0.539. The summed E-state index contributed by atoms with van der Waals surface area (Å²) in [6, 6.07) is -0.249. The highest BCUT2D eigenvalue weighted by Crippen LogP contribution is 2.07. The van der Waals surface area contributed by atoms with Crippen LogP contribution in [0.1, 0.15) is 6.42 Å². The van der Waals surface area contributed by atoms with E-state index in [-0.39, 0.29) is 18.4 Å². The molecule has 0 spiro atoms. The molecule has 0 radical (unpaired) electrons. The van der Waals surface area contributed by atoms with Crippen molar-refractivity contribution in [1.82, 2.24) is 15.5 Å². The summed E-state index contributed by atoms with van der Waals surface area (Å²) in [6.07, 6.45) is -0.740. The molecule has 80 valence electrons. The number of hydrogen-bond acceptors (Lipinski definition) is 3. The van der Waals surface area contributed by atoms with Crippen molar-refractivity contribution in [3.05, 3.63) is 0 Å². The SMILES string of the molecule is CNC(=O)CC1CNCCN1C(=O)O. The van der Waals surface area contributed by atoms with Crippen LogP contribution in [0, 0.1) is 0 Å². The van der Waals surface area contributed by atoms with Crippen LogP contribution in [0.4, 0.5) is 4.79 Å². The lowest BCUT2D eigenvalue weighted by Crippen LogP contribution is -2.54. The van der Waals surface area contributed by atoms with Gasteiger partial charge in [-0.05, 0) is 0 Å². The van der Waals surface area contributed by atoms with Gasteiger partial charge in [-0.1, -0.05) is 0 Å². The van der Waals surface area contributed by atoms with Gasteiger partial charge in [0.1, 0.15) is 0 Å². The summed E-state index contributed by atoms with van der Waals surface area (Å²) in [5, 5.41) is 14.4. The molecule has 0 aliphatic carbocycles. The van der Waals surface area contributed by atoms with Gasteiger partial charge in [-0.3, -0.25) is 4.79 Å². The van der Waals surface area contributed by atoms with Crippen LogP contribution >= 0.6 is 0 Å². The second kappa shape index (κ2) is 4.80. The molecule has 3 N–H and O–H groups in total. The second-order valence-electron chi connectivity index (χ2n) is 3.21. The van der Waals surface area contributed by atoms with E-state index in [1.165, 1.54) is 4.90 Å². The van der Waals surface area contributed by atoms with Crippen LogP contribution in [0.5, 0.6) is 0 Å². The predicted molar refractivity (Wildman–Crippen MR) is 50.1 cm³/mol. The highest BCUT2D eigenvalue weighted by atomic mass is 16.4. The van der Waals surface area contributed by atoms with Gasteiger partial charge in [-0.25, -0.2) is 4.79 Å². The Hall–Kier alpha value is -1.30. The minimum absolute atomic E-state index is 0.134. The molecule has 6 heteroatoms. The van der Waals surface area contributed by atoms with Crippen molar-refractivity contribution in [2.24, 2.45) is 0 Å². The van der Waals surface area contributed by atoms with Gasteiger partial charge in [0.2, 0.25) is 5.91 Å². The summed E-state index contributed by atoms with van der Waals surface area (Å²) in [7, 11) is 1.55. The maximum absolute atomic E-state index is 11.1. The molecule has 0 saturated carbocycles. The second-order valence-corrected chi connectivity index (χ2v) is 3.21. The topological polar surface area (TPSA) is 81.7 Å². The third kappa shape index (κ3) is 2.59. The van der Waals surface area contributed by atoms with Crippen molar-refractivity contribution in [2.75, 3.05) is 26.7 Å². The molecule has 1 saturated heterocycles. The van der Waals surface area contributed by atoms with E-state index in [0.29, 0.717) is 19.6 Å². The number of nitrogens with zero attached hydrogens (tertiary/aromatic N) is 1. The fourth-order valence-electron chi connectivity index (χ4n) is 1.51. The third-order valence-electron chi connectivity index (χ3n) is 2.30. The Morgan fingerprint density at radius 3 is 2.93 bits per heavy atom. The first kappa shape index (κ1) is 10.8. The normalized spacial score (nSPS) is 21.8. The van der Waals surface area contributed by atoms with Crippen molar-refractivity contribution >= 4 is 12.0 Å². The summed E-state index contributed by atoms with van der Waals surface area (Å²) in [5.41, 5.74) is 0. The van der Waals surface area contributed by atoms with Gasteiger partial charge in [0.25, 0.3) is 0 Å². The zero-order valence-electron chi connectivity index (χ0n) is 8.12. The summed E-state index contributed by atoms with van der Waals surface area (Å²) in [5.74, 6) is -0.134. The average molecular weight is 201 g/mol. The Bertz CT molecular complexity index is 232. The molecule has 1 heterocycles. The van der Waals surface area contributed by atoms with Crippen LogP contribution in [-0.4, -0.2) is 54.7 Å². The van der Waals surface area contributed by atoms with Crippen molar-refractivity contribution in [3.8, 4) is 0 Å². The zero-order chi connectivity index (χ0) is 10.6. The van der Waals surface area contributed by atoms with Gasteiger partial charge in [-0.15, -0.1) is 0 Å². The Kier molecular flexibility index (Phi) is 3.70. The molecule has 1 rings (SSSR count). The molecular weight excluding hydrogens is 186 g/mol. The lowest BCUT2D eigenvalue weighted by atomic mass is 10.1. The van der Waals surface area contributed by atoms with E-state index in [9.17, 15) is 9.59 Å². The average Bonchev–Trinajstić information content (AvgIpc) is 2.18. The van der Waals surface area contributed by atoms with Crippen LogP contribution in [0.3, 0.4) is 0 Å². The number of piperazine rings is 1. The van der Waals surface area contributed by atoms with E-state index in [1.807, 2.05) is 0 Å². The van der Waals surface area contributed by atoms with Gasteiger partial charge in [0.15, 0.2) is 0 Å². The predicted octanol–water partition coefficient (Wildman–Crippen LogP) is -0.926. The van der Waals surface area contributed by atoms with Crippen LogP contribution in [0.25, 0.3) is 0 Å². The smallest absolute Gasteiger partial charge is 0.407 e. The molecule has 0 aromatic heterocycles. The van der Waals surface area contributed by atoms with Gasteiger partial charge in [0, 0.05) is 33.1 Å². The monoisotopic (exact) mass is 201 g/mol. The van der Waals surface area contributed by atoms with Crippen LogP contribution in [0.15, 0.2) is 0 Å². The molecule has 1 aliphatic rings. The van der Waals surface area contributed by atoms with Crippen molar-refractivity contribution in [1.29, 1.82) is 0 Å². The molecule has 2 amide bonds. The summed E-state index contributed by atoms with van der Waals surface area (Å²) in [4.78, 5) is 23.2. The van der Waals surface area contributed by atoms with Crippen LogP contribution < -0.4 is 10.6 Å². The fourth-order valence-corrected chi connectivity index (χ4v) is 1.51. The number of carbonyl (C=O) groups excluding carboxylic acids is 1. The van der Waals surface area contributed by atoms with Gasteiger partial charge >= 0.3 is 6.09 Å². The molecule has 0 aromatic rings. The highest BCUT2D eigenvalue weighted by molar-refractivity contribution is 5.77. The number of carbonyl (C=O) groups is 2. The molecule has 1 aliphatic heterocycles. The maximum Gasteiger partial charge on any atom is 0.407 e. The Balaban J connectivity index is 2.54. The number of nitrogens with one attached hydrogen (secondary N) is 2. The molecule has 1 atom stereocenters. The third-order valence-corrected chi connectivity index (χ3v) is 2.30. The van der Waals surface area contributed by atoms with Crippen LogP contribution in [-0.2, 0) is 4.79 Å².